The van der Waals surface area contributed by atoms with Crippen LogP contribution in [0.4, 0.5) is 0 Å². The number of nitrogens with zero attached hydrogens (tertiary/aromatic N) is 2. The van der Waals surface area contributed by atoms with Crippen LogP contribution in [-0.2, 0) is 23.1 Å². The van der Waals surface area contributed by atoms with Gasteiger partial charge in [-0.15, -0.1) is 0 Å². The second-order valence-corrected chi connectivity index (χ2v) is 6.51. The standard InChI is InChI=1S/C13H20N4O2S/c1-3-17-12-7-5-4-6-11(12)16-13(17)10-15-8-9-20(18,19)14-2/h4-7,14-15H,3,8-10H2,1-2H3. The Hall–Kier alpha value is -1.44. The normalized spacial score (nSPS) is 12.1. The number of imidazole rings is 1. The summed E-state index contributed by atoms with van der Waals surface area (Å²) in [6.45, 7) is 3.87. The fourth-order valence-corrected chi connectivity index (χ4v) is 2.74. The summed E-state index contributed by atoms with van der Waals surface area (Å²) in [5.41, 5.74) is 2.07. The number of hydrogen-bond donors (Lipinski definition) is 2. The molecule has 7 heteroatoms. The number of rotatable bonds is 7. The van der Waals surface area contributed by atoms with Crippen molar-refractivity contribution in [1.29, 1.82) is 0 Å². The first-order valence-corrected chi connectivity index (χ1v) is 8.28. The lowest BCUT2D eigenvalue weighted by molar-refractivity contribution is 0.579. The van der Waals surface area contributed by atoms with Gasteiger partial charge >= 0.3 is 0 Å². The first kappa shape index (κ1) is 15.0. The molecule has 0 atom stereocenters. The summed E-state index contributed by atoms with van der Waals surface area (Å²) in [7, 11) is -1.73. The first-order chi connectivity index (χ1) is 9.57. The van der Waals surface area contributed by atoms with Gasteiger partial charge in [-0.05, 0) is 26.1 Å². The number of fused-ring (bicyclic) bond motifs is 1. The highest BCUT2D eigenvalue weighted by Gasteiger charge is 2.09. The summed E-state index contributed by atoms with van der Waals surface area (Å²) in [6.07, 6.45) is 0. The van der Waals surface area contributed by atoms with Crippen LogP contribution in [0.25, 0.3) is 11.0 Å². The molecule has 110 valence electrons. The number of nitrogens with one attached hydrogen (secondary N) is 2. The molecule has 0 aliphatic carbocycles. The average molecular weight is 296 g/mol. The molecule has 0 amide bonds. The predicted molar refractivity (Wildman–Crippen MR) is 80.0 cm³/mol. The highest BCUT2D eigenvalue weighted by atomic mass is 32.2. The molecule has 0 unspecified atom stereocenters. The summed E-state index contributed by atoms with van der Waals surface area (Å²) < 4.78 is 27.0. The second-order valence-electron chi connectivity index (χ2n) is 4.46. The largest absolute Gasteiger partial charge is 0.327 e. The van der Waals surface area contributed by atoms with E-state index in [0.29, 0.717) is 13.1 Å². The molecule has 2 N–H and O–H groups in total. The van der Waals surface area contributed by atoms with Gasteiger partial charge in [0.05, 0.1) is 23.3 Å². The molecule has 0 aliphatic heterocycles. The Labute approximate surface area is 119 Å². The van der Waals surface area contributed by atoms with E-state index in [9.17, 15) is 8.42 Å². The summed E-state index contributed by atoms with van der Waals surface area (Å²) >= 11 is 0. The van der Waals surface area contributed by atoms with Crippen LogP contribution in [0, 0.1) is 0 Å². The van der Waals surface area contributed by atoms with E-state index in [1.165, 1.54) is 7.05 Å². The van der Waals surface area contributed by atoms with E-state index in [4.69, 9.17) is 0 Å². The highest BCUT2D eigenvalue weighted by Crippen LogP contribution is 2.15. The molecule has 1 aromatic heterocycles. The number of hydrogen-bond acceptors (Lipinski definition) is 4. The Kier molecular flexibility index (Phi) is 4.74. The van der Waals surface area contributed by atoms with Crippen LogP contribution < -0.4 is 10.0 Å². The molecule has 0 saturated heterocycles. The molecular weight excluding hydrogens is 276 g/mol. The number of benzene rings is 1. The summed E-state index contributed by atoms with van der Waals surface area (Å²) in [5.74, 6) is 0.992. The van der Waals surface area contributed by atoms with Gasteiger partial charge in [0.15, 0.2) is 0 Å². The number of aryl methyl sites for hydroxylation is 1. The van der Waals surface area contributed by atoms with Crippen molar-refractivity contribution in [2.24, 2.45) is 0 Å². The fourth-order valence-electron chi connectivity index (χ4n) is 2.12. The first-order valence-electron chi connectivity index (χ1n) is 6.63. The van der Waals surface area contributed by atoms with Crippen LogP contribution in [-0.4, -0.2) is 37.3 Å². The molecule has 0 fully saturated rings. The fraction of sp³-hybridized carbons (Fsp3) is 0.462. The topological polar surface area (TPSA) is 76.0 Å². The molecule has 1 aromatic carbocycles. The van der Waals surface area contributed by atoms with E-state index in [0.717, 1.165) is 23.4 Å². The van der Waals surface area contributed by atoms with Crippen molar-refractivity contribution >= 4 is 21.1 Å². The van der Waals surface area contributed by atoms with Gasteiger partial charge in [-0.3, -0.25) is 0 Å². The van der Waals surface area contributed by atoms with E-state index in [2.05, 4.69) is 26.5 Å². The SMILES string of the molecule is CCn1c(CNCCS(=O)(=O)NC)nc2ccccc21. The van der Waals surface area contributed by atoms with Crippen molar-refractivity contribution in [2.45, 2.75) is 20.0 Å². The van der Waals surface area contributed by atoms with Crippen LogP contribution in [0.5, 0.6) is 0 Å². The third-order valence-electron chi connectivity index (χ3n) is 3.19. The Morgan fingerprint density at radius 3 is 2.75 bits per heavy atom. The van der Waals surface area contributed by atoms with E-state index < -0.39 is 10.0 Å². The lowest BCUT2D eigenvalue weighted by Gasteiger charge is -2.07. The smallest absolute Gasteiger partial charge is 0.212 e. The number of aromatic nitrogens is 2. The lowest BCUT2D eigenvalue weighted by atomic mass is 10.3. The van der Waals surface area contributed by atoms with Gasteiger partial charge in [-0.25, -0.2) is 18.1 Å². The van der Waals surface area contributed by atoms with Crippen LogP contribution in [0.2, 0.25) is 0 Å². The molecule has 0 spiro atoms. The predicted octanol–water partition coefficient (Wildman–Crippen LogP) is 0.695. The van der Waals surface area contributed by atoms with Crippen LogP contribution >= 0.6 is 0 Å². The highest BCUT2D eigenvalue weighted by molar-refractivity contribution is 7.89. The van der Waals surface area contributed by atoms with Gasteiger partial charge < -0.3 is 9.88 Å². The van der Waals surface area contributed by atoms with Crippen molar-refractivity contribution in [3.63, 3.8) is 0 Å². The summed E-state index contributed by atoms with van der Waals surface area (Å²) in [4.78, 5) is 4.57. The molecule has 0 bridgehead atoms. The maximum Gasteiger partial charge on any atom is 0.212 e. The average Bonchev–Trinajstić information content (AvgIpc) is 2.81. The molecule has 0 radical (unpaired) electrons. The quantitative estimate of drug-likeness (QED) is 0.737. The van der Waals surface area contributed by atoms with Crippen molar-refractivity contribution in [3.8, 4) is 0 Å². The van der Waals surface area contributed by atoms with Gasteiger partial charge in [-0.1, -0.05) is 12.1 Å². The van der Waals surface area contributed by atoms with Gasteiger partial charge in [-0.2, -0.15) is 0 Å². The van der Waals surface area contributed by atoms with E-state index in [1.807, 2.05) is 24.3 Å². The van der Waals surface area contributed by atoms with E-state index >= 15 is 0 Å². The summed E-state index contributed by atoms with van der Waals surface area (Å²) in [6, 6.07) is 7.98. The molecule has 2 rings (SSSR count). The second kappa shape index (κ2) is 6.34. The zero-order valence-electron chi connectivity index (χ0n) is 11.8. The zero-order valence-corrected chi connectivity index (χ0v) is 12.6. The maximum absolute atomic E-state index is 11.3. The third-order valence-corrected chi connectivity index (χ3v) is 4.56. The Bertz CT molecular complexity index is 679. The Morgan fingerprint density at radius 2 is 2.05 bits per heavy atom. The van der Waals surface area contributed by atoms with Gasteiger partial charge in [0.2, 0.25) is 10.0 Å². The number of sulfonamides is 1. The van der Waals surface area contributed by atoms with Gasteiger partial charge in [0.25, 0.3) is 0 Å². The minimum atomic E-state index is -3.15. The van der Waals surface area contributed by atoms with Crippen molar-refractivity contribution in [1.82, 2.24) is 19.6 Å². The monoisotopic (exact) mass is 296 g/mol. The molecular formula is C13H20N4O2S. The molecule has 2 aromatic rings. The van der Waals surface area contributed by atoms with Crippen LogP contribution in [0.15, 0.2) is 24.3 Å². The zero-order chi connectivity index (χ0) is 14.6. The summed E-state index contributed by atoms with van der Waals surface area (Å²) in [5, 5.41) is 3.13. The minimum absolute atomic E-state index is 0.0653. The molecule has 6 nitrogen and oxygen atoms in total. The Balaban J connectivity index is 2.03. The minimum Gasteiger partial charge on any atom is -0.327 e. The third kappa shape index (κ3) is 3.36. The van der Waals surface area contributed by atoms with E-state index in [1.54, 1.807) is 0 Å². The van der Waals surface area contributed by atoms with Crippen molar-refractivity contribution < 1.29 is 8.42 Å². The van der Waals surface area contributed by atoms with Crippen LogP contribution in [0.3, 0.4) is 0 Å². The lowest BCUT2D eigenvalue weighted by Crippen LogP contribution is -2.30. The number of para-hydroxylation sites is 2. The molecule has 0 aliphatic rings. The Morgan fingerprint density at radius 1 is 1.30 bits per heavy atom. The van der Waals surface area contributed by atoms with E-state index in [-0.39, 0.29) is 5.75 Å². The van der Waals surface area contributed by atoms with Crippen molar-refractivity contribution in [3.05, 3.63) is 30.1 Å². The molecule has 1 heterocycles. The van der Waals surface area contributed by atoms with Gasteiger partial charge in [0.1, 0.15) is 5.82 Å². The molecule has 0 saturated carbocycles. The maximum atomic E-state index is 11.3. The molecule has 20 heavy (non-hydrogen) atoms. The van der Waals surface area contributed by atoms with Gasteiger partial charge in [0, 0.05) is 13.1 Å². The van der Waals surface area contributed by atoms with Crippen LogP contribution in [0.1, 0.15) is 12.7 Å². The van der Waals surface area contributed by atoms with Crippen molar-refractivity contribution in [2.75, 3.05) is 19.3 Å².